The number of allylic oxidation sites excluding steroid dienone is 1. The number of carboxylic acid groups (broad SMARTS) is 1. The Kier molecular flexibility index (Phi) is 4.25. The van der Waals surface area contributed by atoms with Crippen molar-refractivity contribution >= 4 is 12.1 Å². The van der Waals surface area contributed by atoms with Crippen LogP contribution in [0.5, 0.6) is 0 Å². The van der Waals surface area contributed by atoms with Gasteiger partial charge < -0.3 is 19.5 Å². The first-order chi connectivity index (χ1) is 9.76. The summed E-state index contributed by atoms with van der Waals surface area (Å²) in [5.74, 6) is -0.762. The summed E-state index contributed by atoms with van der Waals surface area (Å²) in [4.78, 5) is 24.7. The number of carbonyl (C=O) groups is 2. The zero-order valence-electron chi connectivity index (χ0n) is 12.6. The second kappa shape index (κ2) is 5.79. The fourth-order valence-electron chi connectivity index (χ4n) is 2.23. The average molecular weight is 295 g/mol. The van der Waals surface area contributed by atoms with Crippen LogP contribution in [0.25, 0.3) is 0 Å². The van der Waals surface area contributed by atoms with Crippen molar-refractivity contribution in [1.82, 2.24) is 4.90 Å². The standard InChI is InChI=1S/C15H21NO5/c1-15(2,3)21-14(19)16-6-7-20-12-8-10(13(17)18)4-5-11(12)9-16/h4-5,10H,6-9H2,1-3H3,(H,17,18)/t10-/m0/s1. The van der Waals surface area contributed by atoms with Crippen molar-refractivity contribution in [2.75, 3.05) is 19.7 Å². The zero-order chi connectivity index (χ0) is 15.6. The van der Waals surface area contributed by atoms with Gasteiger partial charge in [-0.3, -0.25) is 4.79 Å². The summed E-state index contributed by atoms with van der Waals surface area (Å²) in [5, 5.41) is 9.05. The highest BCUT2D eigenvalue weighted by molar-refractivity contribution is 5.73. The number of carbonyl (C=O) groups excluding carboxylic acids is 1. The minimum absolute atomic E-state index is 0.337. The van der Waals surface area contributed by atoms with Crippen molar-refractivity contribution in [2.45, 2.75) is 32.8 Å². The third kappa shape index (κ3) is 4.00. The quantitative estimate of drug-likeness (QED) is 0.802. The van der Waals surface area contributed by atoms with Gasteiger partial charge in [-0.05, 0) is 20.8 Å². The summed E-state index contributed by atoms with van der Waals surface area (Å²) in [5.41, 5.74) is 0.300. The highest BCUT2D eigenvalue weighted by atomic mass is 16.6. The van der Waals surface area contributed by atoms with E-state index >= 15 is 0 Å². The molecule has 0 fully saturated rings. The molecule has 0 aromatic rings. The Bertz CT molecular complexity index is 501. The molecule has 2 rings (SSSR count). The van der Waals surface area contributed by atoms with Crippen LogP contribution in [-0.4, -0.2) is 47.4 Å². The number of nitrogens with zero attached hydrogens (tertiary/aromatic N) is 1. The molecule has 1 atom stereocenters. The van der Waals surface area contributed by atoms with E-state index in [1.54, 1.807) is 17.1 Å². The van der Waals surface area contributed by atoms with Crippen LogP contribution >= 0.6 is 0 Å². The normalized spacial score (nSPS) is 22.2. The summed E-state index contributed by atoms with van der Waals surface area (Å²) >= 11 is 0. The van der Waals surface area contributed by atoms with Crippen molar-refractivity contribution in [3.63, 3.8) is 0 Å². The first-order valence-electron chi connectivity index (χ1n) is 7.00. The van der Waals surface area contributed by atoms with E-state index < -0.39 is 17.5 Å². The molecule has 0 aromatic heterocycles. The van der Waals surface area contributed by atoms with Gasteiger partial charge in [0.25, 0.3) is 0 Å². The molecule has 1 heterocycles. The molecule has 1 N–H and O–H groups in total. The minimum atomic E-state index is -0.866. The van der Waals surface area contributed by atoms with Crippen molar-refractivity contribution in [3.05, 3.63) is 23.5 Å². The topological polar surface area (TPSA) is 76.1 Å². The van der Waals surface area contributed by atoms with E-state index in [9.17, 15) is 9.59 Å². The van der Waals surface area contributed by atoms with E-state index in [-0.39, 0.29) is 6.09 Å². The predicted molar refractivity (Wildman–Crippen MR) is 75.7 cm³/mol. The van der Waals surface area contributed by atoms with Crippen LogP contribution in [0.4, 0.5) is 4.79 Å². The maximum atomic E-state index is 12.1. The van der Waals surface area contributed by atoms with Gasteiger partial charge in [0.2, 0.25) is 0 Å². The van der Waals surface area contributed by atoms with Gasteiger partial charge in [0, 0.05) is 12.0 Å². The molecule has 0 aromatic carbocycles. The summed E-state index contributed by atoms with van der Waals surface area (Å²) < 4.78 is 11.0. The molecular weight excluding hydrogens is 274 g/mol. The predicted octanol–water partition coefficient (Wildman–Crippen LogP) is 2.17. The monoisotopic (exact) mass is 295 g/mol. The second-order valence-electron chi connectivity index (χ2n) is 6.21. The second-order valence-corrected chi connectivity index (χ2v) is 6.21. The molecule has 1 aliphatic carbocycles. The van der Waals surface area contributed by atoms with Gasteiger partial charge in [-0.15, -0.1) is 0 Å². The summed E-state index contributed by atoms with van der Waals surface area (Å²) in [6, 6.07) is 0. The number of ether oxygens (including phenoxy) is 2. The Hall–Kier alpha value is -1.98. The zero-order valence-corrected chi connectivity index (χ0v) is 12.6. The van der Waals surface area contributed by atoms with E-state index in [1.807, 2.05) is 20.8 Å². The lowest BCUT2D eigenvalue weighted by molar-refractivity contribution is -0.140. The van der Waals surface area contributed by atoms with Gasteiger partial charge in [-0.1, -0.05) is 12.2 Å². The van der Waals surface area contributed by atoms with Crippen LogP contribution in [0.2, 0.25) is 0 Å². The van der Waals surface area contributed by atoms with E-state index in [2.05, 4.69) is 0 Å². The number of rotatable bonds is 1. The lowest BCUT2D eigenvalue weighted by atomic mass is 9.95. The first-order valence-corrected chi connectivity index (χ1v) is 7.00. The summed E-state index contributed by atoms with van der Waals surface area (Å²) in [7, 11) is 0. The van der Waals surface area contributed by atoms with Crippen molar-refractivity contribution in [1.29, 1.82) is 0 Å². The molecule has 116 valence electrons. The van der Waals surface area contributed by atoms with Crippen molar-refractivity contribution in [2.24, 2.45) is 5.92 Å². The van der Waals surface area contributed by atoms with Gasteiger partial charge in [0.1, 0.15) is 18.0 Å². The molecule has 0 saturated heterocycles. The third-order valence-electron chi connectivity index (χ3n) is 3.26. The SMILES string of the molecule is CC(C)(C)OC(=O)N1CCOC2=C(C=C[C@H](C(=O)O)C2)C1. The number of carboxylic acids is 1. The van der Waals surface area contributed by atoms with Gasteiger partial charge in [0.05, 0.1) is 19.0 Å². The first kappa shape index (κ1) is 15.4. The van der Waals surface area contributed by atoms with Gasteiger partial charge >= 0.3 is 12.1 Å². The smallest absolute Gasteiger partial charge is 0.410 e. The Morgan fingerprint density at radius 1 is 1.43 bits per heavy atom. The van der Waals surface area contributed by atoms with Crippen LogP contribution in [-0.2, 0) is 14.3 Å². The Morgan fingerprint density at radius 3 is 2.76 bits per heavy atom. The molecular formula is C15H21NO5. The molecule has 2 aliphatic rings. The van der Waals surface area contributed by atoms with E-state index in [4.69, 9.17) is 14.6 Å². The van der Waals surface area contributed by atoms with Gasteiger partial charge in [0.15, 0.2) is 0 Å². The molecule has 6 nitrogen and oxygen atoms in total. The van der Waals surface area contributed by atoms with Crippen LogP contribution in [0.15, 0.2) is 23.5 Å². The van der Waals surface area contributed by atoms with Gasteiger partial charge in [-0.2, -0.15) is 0 Å². The number of amides is 1. The van der Waals surface area contributed by atoms with Gasteiger partial charge in [-0.25, -0.2) is 4.79 Å². The Morgan fingerprint density at radius 2 is 2.14 bits per heavy atom. The Balaban J connectivity index is 2.07. The highest BCUT2D eigenvalue weighted by Crippen LogP contribution is 2.27. The lowest BCUT2D eigenvalue weighted by Crippen LogP contribution is -2.38. The highest BCUT2D eigenvalue weighted by Gasteiger charge is 2.29. The lowest BCUT2D eigenvalue weighted by Gasteiger charge is -2.26. The third-order valence-corrected chi connectivity index (χ3v) is 3.26. The van der Waals surface area contributed by atoms with E-state index in [0.717, 1.165) is 5.57 Å². The fourth-order valence-corrected chi connectivity index (χ4v) is 2.23. The fraction of sp³-hybridized carbons (Fsp3) is 0.600. The molecule has 0 bridgehead atoms. The maximum absolute atomic E-state index is 12.1. The number of hydrogen-bond donors (Lipinski definition) is 1. The Labute approximate surface area is 124 Å². The molecule has 1 amide bonds. The summed E-state index contributed by atoms with van der Waals surface area (Å²) in [6.45, 7) is 6.62. The van der Waals surface area contributed by atoms with Crippen LogP contribution < -0.4 is 0 Å². The number of aliphatic carboxylic acids is 1. The number of hydrogen-bond acceptors (Lipinski definition) is 4. The molecule has 0 spiro atoms. The molecule has 0 unspecified atom stereocenters. The van der Waals surface area contributed by atoms with E-state index in [0.29, 0.717) is 31.9 Å². The largest absolute Gasteiger partial charge is 0.496 e. The molecule has 1 aliphatic heterocycles. The molecule has 0 saturated carbocycles. The van der Waals surface area contributed by atoms with Crippen molar-refractivity contribution < 1.29 is 24.2 Å². The minimum Gasteiger partial charge on any atom is -0.496 e. The van der Waals surface area contributed by atoms with Crippen LogP contribution in [0, 0.1) is 5.92 Å². The molecule has 0 radical (unpaired) electrons. The summed E-state index contributed by atoms with van der Waals surface area (Å²) in [6.07, 6.45) is 3.33. The van der Waals surface area contributed by atoms with Crippen LogP contribution in [0.1, 0.15) is 27.2 Å². The van der Waals surface area contributed by atoms with Crippen LogP contribution in [0.3, 0.4) is 0 Å². The molecule has 21 heavy (non-hydrogen) atoms. The van der Waals surface area contributed by atoms with Crippen molar-refractivity contribution in [3.8, 4) is 0 Å². The average Bonchev–Trinajstić information content (AvgIpc) is 2.57. The van der Waals surface area contributed by atoms with E-state index in [1.165, 1.54) is 0 Å². The maximum Gasteiger partial charge on any atom is 0.410 e. The molecule has 6 heteroatoms.